The highest BCUT2D eigenvalue weighted by Gasteiger charge is 2.39. The molecule has 0 heterocycles. The third kappa shape index (κ3) is 7.60. The maximum absolute atomic E-state index is 11.8. The predicted octanol–water partition coefficient (Wildman–Crippen LogP) is 6.69. The van der Waals surface area contributed by atoms with Gasteiger partial charge in [-0.2, -0.15) is 0 Å². The lowest BCUT2D eigenvalue weighted by molar-refractivity contribution is -0.154. The van der Waals surface area contributed by atoms with Crippen molar-refractivity contribution in [3.8, 4) is 0 Å². The molecule has 0 aliphatic heterocycles. The highest BCUT2D eigenvalue weighted by Crippen LogP contribution is 2.41. The van der Waals surface area contributed by atoms with E-state index >= 15 is 0 Å². The number of carbonyl (C=O) groups is 2. The van der Waals surface area contributed by atoms with E-state index in [4.69, 9.17) is 0 Å². The minimum absolute atomic E-state index is 0.425. The molecule has 4 nitrogen and oxygen atoms in total. The Kier molecular flexibility index (Phi) is 11.5. The van der Waals surface area contributed by atoms with Crippen molar-refractivity contribution < 1.29 is 19.8 Å². The topological polar surface area (TPSA) is 74.6 Å². The molecular weight excluding hydrogens is 352 g/mol. The Balaban J connectivity index is 3.13. The number of unbranched alkanes of at least 4 members (excludes halogenated alkanes) is 2. The standard InChI is InChI=1S/C24H42O4/c1-5-9-11-17(7-3)13-19-15-21(23(25)26)22(24(27)28)16-20(19)14-18(8-4)12-10-6-2/h17-18,21-22H,5-16H2,1-4H3,(H,25,26)(H,27,28). The van der Waals surface area contributed by atoms with Crippen LogP contribution in [0.2, 0.25) is 0 Å². The minimum atomic E-state index is -0.955. The Morgan fingerprint density at radius 2 is 1.14 bits per heavy atom. The molecule has 0 bridgehead atoms. The molecule has 0 spiro atoms. The maximum Gasteiger partial charge on any atom is 0.307 e. The van der Waals surface area contributed by atoms with Gasteiger partial charge in [0.05, 0.1) is 11.8 Å². The average molecular weight is 395 g/mol. The summed E-state index contributed by atoms with van der Waals surface area (Å²) in [5, 5.41) is 19.3. The van der Waals surface area contributed by atoms with Crippen LogP contribution in [0.3, 0.4) is 0 Å². The van der Waals surface area contributed by atoms with Gasteiger partial charge in [0.1, 0.15) is 0 Å². The van der Waals surface area contributed by atoms with Gasteiger partial charge in [0.2, 0.25) is 0 Å². The molecule has 0 aromatic carbocycles. The Labute approximate surface area is 171 Å². The number of carboxylic acids is 2. The summed E-state index contributed by atoms with van der Waals surface area (Å²) in [7, 11) is 0. The first-order chi connectivity index (χ1) is 13.4. The smallest absolute Gasteiger partial charge is 0.307 e. The zero-order chi connectivity index (χ0) is 21.1. The van der Waals surface area contributed by atoms with Crippen LogP contribution in [-0.4, -0.2) is 22.2 Å². The van der Waals surface area contributed by atoms with Crippen molar-refractivity contribution in [2.45, 2.75) is 105 Å². The summed E-state index contributed by atoms with van der Waals surface area (Å²) >= 11 is 0. The van der Waals surface area contributed by atoms with Gasteiger partial charge in [-0.25, -0.2) is 0 Å². The van der Waals surface area contributed by atoms with Crippen LogP contribution in [0.5, 0.6) is 0 Å². The van der Waals surface area contributed by atoms with E-state index in [1.54, 1.807) is 0 Å². The number of hydrogen-bond donors (Lipinski definition) is 2. The molecule has 28 heavy (non-hydrogen) atoms. The van der Waals surface area contributed by atoms with Gasteiger partial charge < -0.3 is 10.2 Å². The van der Waals surface area contributed by atoms with E-state index in [9.17, 15) is 19.8 Å². The summed E-state index contributed by atoms with van der Waals surface area (Å²) in [6, 6.07) is 0. The van der Waals surface area contributed by atoms with Crippen LogP contribution in [0.4, 0.5) is 0 Å². The highest BCUT2D eigenvalue weighted by molar-refractivity contribution is 5.81. The van der Waals surface area contributed by atoms with Gasteiger partial charge in [-0.15, -0.1) is 0 Å². The van der Waals surface area contributed by atoms with Crippen LogP contribution in [-0.2, 0) is 9.59 Å². The van der Waals surface area contributed by atoms with Crippen molar-refractivity contribution in [1.82, 2.24) is 0 Å². The minimum Gasteiger partial charge on any atom is -0.481 e. The van der Waals surface area contributed by atoms with Crippen LogP contribution in [0, 0.1) is 23.7 Å². The van der Waals surface area contributed by atoms with Crippen molar-refractivity contribution >= 4 is 11.9 Å². The van der Waals surface area contributed by atoms with Crippen LogP contribution < -0.4 is 0 Å². The molecule has 1 aliphatic carbocycles. The molecule has 0 radical (unpaired) electrons. The van der Waals surface area contributed by atoms with Gasteiger partial charge in [0, 0.05) is 0 Å². The van der Waals surface area contributed by atoms with Gasteiger partial charge >= 0.3 is 11.9 Å². The molecule has 0 amide bonds. The fourth-order valence-corrected chi connectivity index (χ4v) is 4.66. The maximum atomic E-state index is 11.8. The summed E-state index contributed by atoms with van der Waals surface area (Å²) in [6.07, 6.45) is 12.1. The van der Waals surface area contributed by atoms with Gasteiger partial charge in [-0.3, -0.25) is 9.59 Å². The van der Waals surface area contributed by atoms with Gasteiger partial charge in [0.25, 0.3) is 0 Å². The highest BCUT2D eigenvalue weighted by atomic mass is 16.4. The lowest BCUT2D eigenvalue weighted by Crippen LogP contribution is -2.34. The van der Waals surface area contributed by atoms with Crippen LogP contribution >= 0.6 is 0 Å². The van der Waals surface area contributed by atoms with E-state index in [2.05, 4.69) is 27.7 Å². The van der Waals surface area contributed by atoms with Crippen LogP contribution in [0.15, 0.2) is 11.1 Å². The molecule has 4 atom stereocenters. The van der Waals surface area contributed by atoms with Gasteiger partial charge in [-0.05, 0) is 37.5 Å². The second-order valence-corrected chi connectivity index (χ2v) is 8.75. The number of rotatable bonds is 14. The number of aliphatic carboxylic acids is 2. The molecular formula is C24H42O4. The molecule has 0 aromatic heterocycles. The van der Waals surface area contributed by atoms with E-state index in [1.165, 1.54) is 49.7 Å². The summed E-state index contributed by atoms with van der Waals surface area (Å²) in [5.41, 5.74) is 2.53. The monoisotopic (exact) mass is 394 g/mol. The first-order valence-corrected chi connectivity index (χ1v) is 11.5. The Morgan fingerprint density at radius 3 is 1.39 bits per heavy atom. The van der Waals surface area contributed by atoms with Crippen molar-refractivity contribution in [1.29, 1.82) is 0 Å². The zero-order valence-electron chi connectivity index (χ0n) is 18.5. The quantitative estimate of drug-likeness (QED) is 0.322. The molecule has 0 saturated carbocycles. The fourth-order valence-electron chi connectivity index (χ4n) is 4.66. The summed E-state index contributed by atoms with van der Waals surface area (Å²) < 4.78 is 0. The molecule has 4 unspecified atom stereocenters. The van der Waals surface area contributed by atoms with E-state index in [1.807, 2.05) is 0 Å². The van der Waals surface area contributed by atoms with Gasteiger partial charge in [0.15, 0.2) is 0 Å². The van der Waals surface area contributed by atoms with Crippen LogP contribution in [0.25, 0.3) is 0 Å². The molecule has 1 aliphatic rings. The van der Waals surface area contributed by atoms with Crippen molar-refractivity contribution in [3.05, 3.63) is 11.1 Å². The Hall–Kier alpha value is -1.32. The second-order valence-electron chi connectivity index (χ2n) is 8.75. The normalized spacial score (nSPS) is 22.1. The first-order valence-electron chi connectivity index (χ1n) is 11.5. The first kappa shape index (κ1) is 24.7. The number of allylic oxidation sites excluding steroid dienone is 2. The summed E-state index contributed by atoms with van der Waals surface area (Å²) in [5.74, 6) is -2.31. The van der Waals surface area contributed by atoms with Crippen molar-refractivity contribution in [2.75, 3.05) is 0 Å². The largest absolute Gasteiger partial charge is 0.481 e. The van der Waals surface area contributed by atoms with Crippen molar-refractivity contribution in [2.24, 2.45) is 23.7 Å². The fraction of sp³-hybridized carbons (Fsp3) is 0.833. The van der Waals surface area contributed by atoms with Gasteiger partial charge in [-0.1, -0.05) is 90.2 Å². The van der Waals surface area contributed by atoms with Crippen LogP contribution in [0.1, 0.15) is 105 Å². The molecule has 2 N–H and O–H groups in total. The lowest BCUT2D eigenvalue weighted by atomic mass is 9.71. The van der Waals surface area contributed by atoms with E-state index < -0.39 is 23.8 Å². The molecule has 0 aromatic rings. The predicted molar refractivity (Wildman–Crippen MR) is 114 cm³/mol. The molecule has 1 rings (SSSR count). The number of hydrogen-bond acceptors (Lipinski definition) is 2. The van der Waals surface area contributed by atoms with E-state index in [-0.39, 0.29) is 0 Å². The molecule has 162 valence electrons. The average Bonchev–Trinajstić information content (AvgIpc) is 2.68. The summed E-state index contributed by atoms with van der Waals surface area (Å²) in [6.45, 7) is 8.84. The molecule has 0 saturated heterocycles. The lowest BCUT2D eigenvalue weighted by Gasteiger charge is -2.33. The summed E-state index contributed by atoms with van der Waals surface area (Å²) in [4.78, 5) is 23.6. The Morgan fingerprint density at radius 1 is 0.786 bits per heavy atom. The van der Waals surface area contributed by atoms with Crippen molar-refractivity contribution in [3.63, 3.8) is 0 Å². The van der Waals surface area contributed by atoms with E-state index in [0.29, 0.717) is 24.7 Å². The SMILES string of the molecule is CCCCC(CC)CC1=C(CC(CC)CCCC)CC(C(=O)O)C(C(=O)O)C1. The zero-order valence-corrected chi connectivity index (χ0v) is 18.5. The molecule has 0 fully saturated rings. The Bertz CT molecular complexity index is 477. The second kappa shape index (κ2) is 13.0. The number of carboxylic acid groups (broad SMARTS) is 2. The molecule has 4 heteroatoms. The third-order valence-electron chi connectivity index (χ3n) is 6.71. The third-order valence-corrected chi connectivity index (χ3v) is 6.71. The van der Waals surface area contributed by atoms with E-state index in [0.717, 1.165) is 25.7 Å².